The Labute approximate surface area is 116 Å². The molecule has 0 aliphatic heterocycles. The van der Waals surface area contributed by atoms with E-state index in [9.17, 15) is 4.79 Å². The van der Waals surface area contributed by atoms with E-state index in [1.807, 2.05) is 12.1 Å². The minimum Gasteiger partial charge on any atom is -0.382 e. The van der Waals surface area contributed by atoms with E-state index in [0.29, 0.717) is 23.4 Å². The molecule has 0 unspecified atom stereocenters. The molecule has 0 saturated heterocycles. The first kappa shape index (κ1) is 15.5. The minimum absolute atomic E-state index is 0.382. The molecule has 3 nitrogen and oxygen atoms in total. The van der Waals surface area contributed by atoms with Gasteiger partial charge in [0, 0.05) is 17.3 Å². The van der Waals surface area contributed by atoms with Crippen LogP contribution < -0.4 is 11.1 Å². The van der Waals surface area contributed by atoms with Crippen molar-refractivity contribution in [1.82, 2.24) is 0 Å². The number of nitrogens with two attached hydrogens (primary N) is 1. The second kappa shape index (κ2) is 7.17. The summed E-state index contributed by atoms with van der Waals surface area (Å²) in [6.45, 7) is 8.97. The Balaban J connectivity index is 2.69. The summed E-state index contributed by atoms with van der Waals surface area (Å²) in [5, 5.41) is 3.56. The zero-order valence-corrected chi connectivity index (χ0v) is 12.4. The average Bonchev–Trinajstić information content (AvgIpc) is 2.27. The van der Waals surface area contributed by atoms with Crippen LogP contribution in [-0.4, -0.2) is 11.9 Å². The lowest BCUT2D eigenvalue weighted by Gasteiger charge is -2.23. The molecule has 0 aliphatic carbocycles. The summed E-state index contributed by atoms with van der Waals surface area (Å²) < 4.78 is 0. The first-order valence-corrected chi connectivity index (χ1v) is 7.05. The summed E-state index contributed by atoms with van der Waals surface area (Å²) in [7, 11) is 0. The highest BCUT2D eigenvalue weighted by Crippen LogP contribution is 2.19. The molecular formula is C16H26N2O. The summed E-state index contributed by atoms with van der Waals surface area (Å²) in [5.41, 5.74) is 6.84. The van der Waals surface area contributed by atoms with Crippen molar-refractivity contribution < 1.29 is 4.79 Å². The molecule has 19 heavy (non-hydrogen) atoms. The number of rotatable bonds is 7. The summed E-state index contributed by atoms with van der Waals surface area (Å²) in [4.78, 5) is 11.0. The monoisotopic (exact) mass is 262 g/mol. The third kappa shape index (κ3) is 5.77. The van der Waals surface area contributed by atoms with Crippen molar-refractivity contribution in [3.05, 3.63) is 29.8 Å². The van der Waals surface area contributed by atoms with Crippen LogP contribution in [0.4, 0.5) is 5.69 Å². The maximum atomic E-state index is 11.0. The summed E-state index contributed by atoms with van der Waals surface area (Å²) >= 11 is 0. The molecular weight excluding hydrogens is 236 g/mol. The molecule has 0 radical (unpaired) electrons. The van der Waals surface area contributed by atoms with Crippen LogP contribution >= 0.6 is 0 Å². The number of hydrogen-bond donors (Lipinski definition) is 2. The van der Waals surface area contributed by atoms with Gasteiger partial charge in [-0.2, -0.15) is 0 Å². The van der Waals surface area contributed by atoms with Gasteiger partial charge in [-0.05, 0) is 48.9 Å². The van der Waals surface area contributed by atoms with Crippen molar-refractivity contribution in [3.8, 4) is 0 Å². The lowest BCUT2D eigenvalue weighted by molar-refractivity contribution is 0.100. The van der Waals surface area contributed by atoms with Crippen LogP contribution in [0, 0.1) is 11.8 Å². The molecule has 1 rings (SSSR count). The first-order valence-electron chi connectivity index (χ1n) is 7.05. The highest BCUT2D eigenvalue weighted by Gasteiger charge is 2.13. The quantitative estimate of drug-likeness (QED) is 0.788. The molecule has 0 atom stereocenters. The SMILES string of the molecule is CC(C)CC(CC(C)C)Nc1ccc(C(N)=O)cc1. The van der Waals surface area contributed by atoms with E-state index in [-0.39, 0.29) is 5.91 Å². The third-order valence-electron chi connectivity index (χ3n) is 3.05. The van der Waals surface area contributed by atoms with E-state index in [1.165, 1.54) is 0 Å². The predicted octanol–water partition coefficient (Wildman–Crippen LogP) is 3.66. The zero-order chi connectivity index (χ0) is 14.4. The van der Waals surface area contributed by atoms with Gasteiger partial charge < -0.3 is 11.1 Å². The molecule has 0 spiro atoms. The van der Waals surface area contributed by atoms with E-state index in [0.717, 1.165) is 18.5 Å². The number of hydrogen-bond acceptors (Lipinski definition) is 2. The van der Waals surface area contributed by atoms with Crippen molar-refractivity contribution in [1.29, 1.82) is 0 Å². The molecule has 0 aliphatic rings. The topological polar surface area (TPSA) is 55.1 Å². The van der Waals surface area contributed by atoms with E-state index in [4.69, 9.17) is 5.73 Å². The number of carbonyl (C=O) groups is 1. The number of benzene rings is 1. The van der Waals surface area contributed by atoms with Gasteiger partial charge in [0.05, 0.1) is 0 Å². The predicted molar refractivity (Wildman–Crippen MR) is 81.3 cm³/mol. The van der Waals surface area contributed by atoms with E-state index < -0.39 is 0 Å². The summed E-state index contributed by atoms with van der Waals surface area (Å²) in [6.07, 6.45) is 2.30. The van der Waals surface area contributed by atoms with Crippen LogP contribution in [0.1, 0.15) is 50.9 Å². The highest BCUT2D eigenvalue weighted by atomic mass is 16.1. The van der Waals surface area contributed by atoms with Crippen molar-refractivity contribution in [2.24, 2.45) is 17.6 Å². The van der Waals surface area contributed by atoms with Crippen molar-refractivity contribution in [3.63, 3.8) is 0 Å². The molecule has 0 aromatic heterocycles. The van der Waals surface area contributed by atoms with Crippen LogP contribution in [0.2, 0.25) is 0 Å². The Kier molecular flexibility index (Phi) is 5.87. The van der Waals surface area contributed by atoms with Crippen molar-refractivity contribution in [2.75, 3.05) is 5.32 Å². The maximum absolute atomic E-state index is 11.0. The lowest BCUT2D eigenvalue weighted by atomic mass is 9.95. The molecule has 106 valence electrons. The Hall–Kier alpha value is -1.51. The van der Waals surface area contributed by atoms with Gasteiger partial charge in [0.2, 0.25) is 5.91 Å². The number of amides is 1. The molecule has 1 amide bonds. The summed E-state index contributed by atoms with van der Waals surface area (Å²) in [6, 6.07) is 7.86. The molecule has 0 heterocycles. The van der Waals surface area contributed by atoms with Crippen LogP contribution in [0.5, 0.6) is 0 Å². The summed E-state index contributed by atoms with van der Waals surface area (Å²) in [5.74, 6) is 0.953. The lowest BCUT2D eigenvalue weighted by Crippen LogP contribution is -2.23. The molecule has 1 aromatic rings. The van der Waals surface area contributed by atoms with E-state index in [1.54, 1.807) is 12.1 Å². The van der Waals surface area contributed by atoms with Crippen LogP contribution in [0.3, 0.4) is 0 Å². The highest BCUT2D eigenvalue weighted by molar-refractivity contribution is 5.93. The van der Waals surface area contributed by atoms with Crippen molar-refractivity contribution in [2.45, 2.75) is 46.6 Å². The van der Waals surface area contributed by atoms with Gasteiger partial charge in [0.1, 0.15) is 0 Å². The van der Waals surface area contributed by atoms with E-state index >= 15 is 0 Å². The van der Waals surface area contributed by atoms with Gasteiger partial charge in [0.25, 0.3) is 0 Å². The van der Waals surface area contributed by atoms with Gasteiger partial charge in [-0.15, -0.1) is 0 Å². The van der Waals surface area contributed by atoms with Crippen LogP contribution in [0.25, 0.3) is 0 Å². The largest absolute Gasteiger partial charge is 0.382 e. The van der Waals surface area contributed by atoms with Crippen molar-refractivity contribution >= 4 is 11.6 Å². The first-order chi connectivity index (χ1) is 8.88. The number of anilines is 1. The smallest absolute Gasteiger partial charge is 0.248 e. The second-order valence-electron chi connectivity index (χ2n) is 6.04. The molecule has 3 heteroatoms. The Morgan fingerprint density at radius 2 is 1.53 bits per heavy atom. The zero-order valence-electron chi connectivity index (χ0n) is 12.4. The molecule has 0 bridgehead atoms. The van der Waals surface area contributed by atoms with Gasteiger partial charge in [-0.25, -0.2) is 0 Å². The number of nitrogens with one attached hydrogen (secondary N) is 1. The fourth-order valence-electron chi connectivity index (χ4n) is 2.32. The molecule has 0 saturated carbocycles. The normalized spacial score (nSPS) is 11.3. The van der Waals surface area contributed by atoms with Gasteiger partial charge in [0.15, 0.2) is 0 Å². The molecule has 0 fully saturated rings. The van der Waals surface area contributed by atoms with E-state index in [2.05, 4.69) is 33.0 Å². The average molecular weight is 262 g/mol. The van der Waals surface area contributed by atoms with Crippen LogP contribution in [-0.2, 0) is 0 Å². The van der Waals surface area contributed by atoms with Crippen LogP contribution in [0.15, 0.2) is 24.3 Å². The maximum Gasteiger partial charge on any atom is 0.248 e. The second-order valence-corrected chi connectivity index (χ2v) is 6.04. The molecule has 3 N–H and O–H groups in total. The Morgan fingerprint density at radius 3 is 1.89 bits per heavy atom. The van der Waals surface area contributed by atoms with Gasteiger partial charge in [-0.1, -0.05) is 27.7 Å². The Morgan fingerprint density at radius 1 is 1.05 bits per heavy atom. The number of primary amides is 1. The minimum atomic E-state index is -0.382. The standard InChI is InChI=1S/C16H26N2O/c1-11(2)9-15(10-12(3)4)18-14-7-5-13(6-8-14)16(17)19/h5-8,11-12,15,18H,9-10H2,1-4H3,(H2,17,19). The fourth-order valence-corrected chi connectivity index (χ4v) is 2.32. The Bertz CT molecular complexity index is 386. The molecule has 1 aromatic carbocycles. The fraction of sp³-hybridized carbons (Fsp3) is 0.562. The number of carbonyl (C=O) groups excluding carboxylic acids is 1. The van der Waals surface area contributed by atoms with Gasteiger partial charge in [-0.3, -0.25) is 4.79 Å². The van der Waals surface area contributed by atoms with Gasteiger partial charge >= 0.3 is 0 Å². The third-order valence-corrected chi connectivity index (χ3v) is 3.05.